The molecule has 0 radical (unpaired) electrons. The summed E-state index contributed by atoms with van der Waals surface area (Å²) in [5.41, 5.74) is 3.60. The molecule has 3 nitrogen and oxygen atoms in total. The van der Waals surface area contributed by atoms with Crippen LogP contribution in [0.5, 0.6) is 0 Å². The number of benzene rings is 1. The lowest BCUT2D eigenvalue weighted by Gasteiger charge is -2.06. The Bertz CT molecular complexity index is 252. The molecule has 11 heavy (non-hydrogen) atoms. The lowest BCUT2D eigenvalue weighted by molar-refractivity contribution is 0.389. The standard InChI is InChI=1S/C7H9BrN2O/c1-9-7-4-5(8)2-3-6(7)10-11/h2-4,9-11H,1H3. The van der Waals surface area contributed by atoms with Crippen molar-refractivity contribution < 1.29 is 5.21 Å². The highest BCUT2D eigenvalue weighted by Crippen LogP contribution is 2.24. The number of nitrogens with one attached hydrogen (secondary N) is 2. The molecule has 0 fully saturated rings. The van der Waals surface area contributed by atoms with Gasteiger partial charge in [-0.3, -0.25) is 10.7 Å². The highest BCUT2D eigenvalue weighted by molar-refractivity contribution is 9.10. The molecule has 0 bridgehead atoms. The summed E-state index contributed by atoms with van der Waals surface area (Å²) in [6.45, 7) is 0. The van der Waals surface area contributed by atoms with Crippen molar-refractivity contribution in [1.29, 1.82) is 0 Å². The van der Waals surface area contributed by atoms with E-state index >= 15 is 0 Å². The van der Waals surface area contributed by atoms with Crippen molar-refractivity contribution in [2.75, 3.05) is 17.8 Å². The van der Waals surface area contributed by atoms with Crippen LogP contribution in [0.3, 0.4) is 0 Å². The number of halogens is 1. The van der Waals surface area contributed by atoms with E-state index in [1.54, 1.807) is 13.1 Å². The van der Waals surface area contributed by atoms with E-state index in [4.69, 9.17) is 5.21 Å². The summed E-state index contributed by atoms with van der Waals surface area (Å²) >= 11 is 3.32. The average molecular weight is 217 g/mol. The first kappa shape index (κ1) is 8.36. The lowest BCUT2D eigenvalue weighted by Crippen LogP contribution is -1.96. The summed E-state index contributed by atoms with van der Waals surface area (Å²) in [6, 6.07) is 5.49. The first-order chi connectivity index (χ1) is 5.27. The van der Waals surface area contributed by atoms with Crippen LogP contribution < -0.4 is 10.8 Å². The molecule has 0 aliphatic rings. The molecule has 0 saturated heterocycles. The van der Waals surface area contributed by atoms with Gasteiger partial charge in [-0.15, -0.1) is 0 Å². The van der Waals surface area contributed by atoms with Crippen molar-refractivity contribution in [1.82, 2.24) is 0 Å². The Morgan fingerprint density at radius 2 is 2.09 bits per heavy atom. The molecule has 0 aliphatic carbocycles. The van der Waals surface area contributed by atoms with Crippen molar-refractivity contribution in [3.8, 4) is 0 Å². The molecule has 1 aromatic rings. The largest absolute Gasteiger partial charge is 0.386 e. The third-order valence-electron chi connectivity index (χ3n) is 1.37. The van der Waals surface area contributed by atoms with Gasteiger partial charge in [0.25, 0.3) is 0 Å². The third kappa shape index (κ3) is 1.85. The van der Waals surface area contributed by atoms with E-state index in [9.17, 15) is 0 Å². The van der Waals surface area contributed by atoms with Crippen LogP contribution in [0.15, 0.2) is 22.7 Å². The van der Waals surface area contributed by atoms with Crippen molar-refractivity contribution in [3.05, 3.63) is 22.7 Å². The summed E-state index contributed by atoms with van der Waals surface area (Å²) in [5, 5.41) is 11.6. The maximum absolute atomic E-state index is 8.64. The van der Waals surface area contributed by atoms with E-state index in [-0.39, 0.29) is 0 Å². The van der Waals surface area contributed by atoms with Crippen molar-refractivity contribution >= 4 is 27.3 Å². The van der Waals surface area contributed by atoms with Crippen LogP contribution in [-0.2, 0) is 0 Å². The first-order valence-electron chi connectivity index (χ1n) is 3.15. The molecular formula is C7H9BrN2O. The Kier molecular flexibility index (Phi) is 2.73. The van der Waals surface area contributed by atoms with Crippen molar-refractivity contribution in [3.63, 3.8) is 0 Å². The normalized spacial score (nSPS) is 9.36. The van der Waals surface area contributed by atoms with E-state index < -0.39 is 0 Å². The fourth-order valence-corrected chi connectivity index (χ4v) is 1.18. The minimum atomic E-state index is 0.663. The van der Waals surface area contributed by atoms with E-state index in [1.807, 2.05) is 12.1 Å². The zero-order valence-corrected chi connectivity index (χ0v) is 7.64. The minimum Gasteiger partial charge on any atom is -0.386 e. The second kappa shape index (κ2) is 3.59. The van der Waals surface area contributed by atoms with Crippen LogP contribution in [0.2, 0.25) is 0 Å². The molecule has 60 valence electrons. The highest BCUT2D eigenvalue weighted by Gasteiger charge is 1.98. The predicted octanol–water partition coefficient (Wildman–Crippen LogP) is 2.29. The molecule has 1 rings (SSSR count). The summed E-state index contributed by atoms with van der Waals surface area (Å²) in [5.74, 6) is 0. The Labute approximate surface area is 73.5 Å². The number of hydrogen-bond donors (Lipinski definition) is 3. The summed E-state index contributed by atoms with van der Waals surface area (Å²) in [6.07, 6.45) is 0. The van der Waals surface area contributed by atoms with Gasteiger partial charge < -0.3 is 5.32 Å². The van der Waals surface area contributed by atoms with Crippen LogP contribution >= 0.6 is 15.9 Å². The van der Waals surface area contributed by atoms with Gasteiger partial charge in [-0.2, -0.15) is 0 Å². The smallest absolute Gasteiger partial charge is 0.0834 e. The molecule has 3 N–H and O–H groups in total. The van der Waals surface area contributed by atoms with Crippen molar-refractivity contribution in [2.45, 2.75) is 0 Å². The zero-order valence-electron chi connectivity index (χ0n) is 6.06. The van der Waals surface area contributed by atoms with Gasteiger partial charge in [0, 0.05) is 11.5 Å². The molecule has 0 unspecified atom stereocenters. The van der Waals surface area contributed by atoms with E-state index in [0.717, 1.165) is 10.2 Å². The number of rotatable bonds is 2. The van der Waals surface area contributed by atoms with Crippen LogP contribution in [-0.4, -0.2) is 12.3 Å². The number of hydrogen-bond acceptors (Lipinski definition) is 3. The second-order valence-corrected chi connectivity index (χ2v) is 2.97. The van der Waals surface area contributed by atoms with Gasteiger partial charge in [0.15, 0.2) is 0 Å². The Morgan fingerprint density at radius 1 is 1.36 bits per heavy atom. The summed E-state index contributed by atoms with van der Waals surface area (Å²) < 4.78 is 0.973. The van der Waals surface area contributed by atoms with E-state index in [1.165, 1.54) is 0 Å². The third-order valence-corrected chi connectivity index (χ3v) is 1.86. The van der Waals surface area contributed by atoms with Gasteiger partial charge in [0.1, 0.15) is 0 Å². The van der Waals surface area contributed by atoms with E-state index in [0.29, 0.717) is 5.69 Å². The molecule has 1 aromatic carbocycles. The topological polar surface area (TPSA) is 44.3 Å². The van der Waals surface area contributed by atoms with Gasteiger partial charge in [0.05, 0.1) is 11.4 Å². The van der Waals surface area contributed by atoms with Gasteiger partial charge in [-0.1, -0.05) is 15.9 Å². The Morgan fingerprint density at radius 3 is 2.64 bits per heavy atom. The zero-order chi connectivity index (χ0) is 8.27. The molecule has 0 heterocycles. The first-order valence-corrected chi connectivity index (χ1v) is 3.94. The monoisotopic (exact) mass is 216 g/mol. The molecule has 0 aliphatic heterocycles. The maximum atomic E-state index is 8.64. The lowest BCUT2D eigenvalue weighted by atomic mass is 10.3. The molecule has 0 aromatic heterocycles. The SMILES string of the molecule is CNc1cc(Br)ccc1NO. The molecular weight excluding hydrogens is 208 g/mol. The van der Waals surface area contributed by atoms with Gasteiger partial charge in [-0.25, -0.2) is 0 Å². The maximum Gasteiger partial charge on any atom is 0.0834 e. The summed E-state index contributed by atoms with van der Waals surface area (Å²) in [7, 11) is 1.79. The Balaban J connectivity index is 3.06. The molecule has 0 saturated carbocycles. The quantitative estimate of drug-likeness (QED) is 0.666. The molecule has 4 heteroatoms. The predicted molar refractivity (Wildman–Crippen MR) is 49.1 cm³/mol. The summed E-state index contributed by atoms with van der Waals surface area (Å²) in [4.78, 5) is 0. The van der Waals surface area contributed by atoms with E-state index in [2.05, 4.69) is 26.7 Å². The molecule has 0 amide bonds. The van der Waals surface area contributed by atoms with Gasteiger partial charge >= 0.3 is 0 Å². The fraction of sp³-hybridized carbons (Fsp3) is 0.143. The van der Waals surface area contributed by atoms with Crippen molar-refractivity contribution in [2.24, 2.45) is 0 Å². The van der Waals surface area contributed by atoms with Crippen LogP contribution in [0, 0.1) is 0 Å². The van der Waals surface area contributed by atoms with Gasteiger partial charge in [0.2, 0.25) is 0 Å². The minimum absolute atomic E-state index is 0.663. The number of anilines is 2. The van der Waals surface area contributed by atoms with Crippen LogP contribution in [0.1, 0.15) is 0 Å². The van der Waals surface area contributed by atoms with Gasteiger partial charge in [-0.05, 0) is 18.2 Å². The molecule has 0 spiro atoms. The Hall–Kier alpha value is -0.740. The fourth-order valence-electron chi connectivity index (χ4n) is 0.821. The second-order valence-electron chi connectivity index (χ2n) is 2.05. The highest BCUT2D eigenvalue weighted by atomic mass is 79.9. The van der Waals surface area contributed by atoms with Crippen LogP contribution in [0.25, 0.3) is 0 Å². The van der Waals surface area contributed by atoms with Crippen LogP contribution in [0.4, 0.5) is 11.4 Å². The average Bonchev–Trinajstić information content (AvgIpc) is 2.04. The molecule has 0 atom stereocenters.